The maximum absolute atomic E-state index is 10.1. The van der Waals surface area contributed by atoms with E-state index in [-0.39, 0.29) is 0 Å². The summed E-state index contributed by atoms with van der Waals surface area (Å²) in [5, 5.41) is 0. The maximum atomic E-state index is 10.1. The Morgan fingerprint density at radius 2 is 2.56 bits per heavy atom. The molecule has 0 N–H and O–H groups in total. The van der Waals surface area contributed by atoms with Crippen LogP contribution >= 0.6 is 0 Å². The Kier molecular flexibility index (Phi) is 1.53. The van der Waals surface area contributed by atoms with Crippen LogP contribution in [0, 0.1) is 0 Å². The summed E-state index contributed by atoms with van der Waals surface area (Å²) in [4.78, 5) is 14.9. The number of rotatable bonds is 2. The summed E-state index contributed by atoms with van der Waals surface area (Å²) in [5.74, 6) is 0. The van der Waals surface area contributed by atoms with E-state index in [1.807, 2.05) is 0 Å². The average molecular weight is 125 g/mol. The third kappa shape index (κ3) is 0.937. The van der Waals surface area contributed by atoms with Crippen LogP contribution in [0.1, 0.15) is 10.5 Å². The lowest BCUT2D eigenvalue weighted by atomic mass is 10.5. The molecule has 3 heteroatoms. The van der Waals surface area contributed by atoms with Crippen molar-refractivity contribution in [1.29, 1.82) is 0 Å². The van der Waals surface area contributed by atoms with E-state index in [0.717, 1.165) is 6.29 Å². The molecule has 0 bridgehead atoms. The molecule has 0 spiro atoms. The van der Waals surface area contributed by atoms with Crippen molar-refractivity contribution >= 4 is 6.29 Å². The summed E-state index contributed by atoms with van der Waals surface area (Å²) in [6.07, 6.45) is 2.41. The lowest BCUT2D eigenvalue weighted by Crippen LogP contribution is -2.06. The fourth-order valence-electron chi connectivity index (χ4n) is 0.637. The fraction of sp³-hybridized carbons (Fsp3) is 0.167. The third-order valence-electron chi connectivity index (χ3n) is 1.06. The first kappa shape index (κ1) is 5.88. The minimum atomic E-state index is 0.525. The molecule has 0 aromatic carbocycles. The second-order valence-corrected chi connectivity index (χ2v) is 1.56. The molecule has 0 aliphatic heterocycles. The first-order valence-electron chi connectivity index (χ1n) is 2.55. The molecule has 1 aromatic heterocycles. The summed E-state index contributed by atoms with van der Waals surface area (Å²) >= 11 is 0. The van der Waals surface area contributed by atoms with E-state index in [1.54, 1.807) is 18.3 Å². The summed E-state index contributed by atoms with van der Waals surface area (Å²) in [6.45, 7) is 0. The van der Waals surface area contributed by atoms with E-state index in [0.29, 0.717) is 5.69 Å². The number of aromatic nitrogens is 1. The minimum Gasteiger partial charge on any atom is -0.417 e. The highest BCUT2D eigenvalue weighted by molar-refractivity contribution is 5.71. The van der Waals surface area contributed by atoms with Crippen molar-refractivity contribution in [2.75, 3.05) is 7.11 Å². The van der Waals surface area contributed by atoms with Crippen LogP contribution in [0.5, 0.6) is 0 Å². The van der Waals surface area contributed by atoms with E-state index in [2.05, 4.69) is 0 Å². The number of carbonyl (C=O) groups excluding carboxylic acids is 1. The maximum Gasteiger partial charge on any atom is 0.169 e. The summed E-state index contributed by atoms with van der Waals surface area (Å²) in [5.41, 5.74) is 0.525. The molecular weight excluding hydrogens is 118 g/mol. The van der Waals surface area contributed by atoms with Crippen molar-refractivity contribution in [3.63, 3.8) is 0 Å². The van der Waals surface area contributed by atoms with Crippen molar-refractivity contribution in [1.82, 2.24) is 4.73 Å². The van der Waals surface area contributed by atoms with Crippen LogP contribution in [0.15, 0.2) is 18.3 Å². The van der Waals surface area contributed by atoms with Crippen molar-refractivity contribution in [2.24, 2.45) is 0 Å². The summed E-state index contributed by atoms with van der Waals surface area (Å²) < 4.78 is 1.40. The fourth-order valence-corrected chi connectivity index (χ4v) is 0.637. The van der Waals surface area contributed by atoms with Gasteiger partial charge in [-0.1, -0.05) is 0 Å². The zero-order valence-electron chi connectivity index (χ0n) is 5.07. The highest BCUT2D eigenvalue weighted by atomic mass is 16.6. The van der Waals surface area contributed by atoms with Gasteiger partial charge in [0.05, 0.1) is 0 Å². The lowest BCUT2D eigenvalue weighted by Gasteiger charge is -1.99. The standard InChI is InChI=1S/C6H7NO2/c1-9-7-4-2-3-6(7)5-8/h2-5H,1H3. The molecule has 0 amide bonds. The predicted octanol–water partition coefficient (Wildman–Crippen LogP) is 0.359. The van der Waals surface area contributed by atoms with Gasteiger partial charge in [-0.25, -0.2) is 0 Å². The van der Waals surface area contributed by atoms with Crippen LogP contribution in [0.25, 0.3) is 0 Å². The molecule has 1 aromatic rings. The van der Waals surface area contributed by atoms with Crippen LogP contribution < -0.4 is 4.84 Å². The highest BCUT2D eigenvalue weighted by Crippen LogP contribution is 1.93. The van der Waals surface area contributed by atoms with E-state index in [1.165, 1.54) is 11.8 Å². The smallest absolute Gasteiger partial charge is 0.169 e. The van der Waals surface area contributed by atoms with Crippen LogP contribution in [0.4, 0.5) is 0 Å². The Morgan fingerprint density at radius 1 is 1.78 bits per heavy atom. The molecule has 0 atom stereocenters. The van der Waals surface area contributed by atoms with Gasteiger partial charge in [-0.2, -0.15) is 4.73 Å². The van der Waals surface area contributed by atoms with Crippen molar-refractivity contribution in [3.8, 4) is 0 Å². The highest BCUT2D eigenvalue weighted by Gasteiger charge is 1.94. The first-order chi connectivity index (χ1) is 4.38. The number of aldehydes is 1. The molecule has 9 heavy (non-hydrogen) atoms. The van der Waals surface area contributed by atoms with Crippen molar-refractivity contribution in [2.45, 2.75) is 0 Å². The van der Waals surface area contributed by atoms with Gasteiger partial charge in [0.1, 0.15) is 12.8 Å². The van der Waals surface area contributed by atoms with E-state index >= 15 is 0 Å². The zero-order valence-corrected chi connectivity index (χ0v) is 5.07. The molecule has 1 heterocycles. The van der Waals surface area contributed by atoms with Gasteiger partial charge in [0, 0.05) is 6.20 Å². The second-order valence-electron chi connectivity index (χ2n) is 1.56. The Labute approximate surface area is 52.8 Å². The minimum absolute atomic E-state index is 0.525. The van der Waals surface area contributed by atoms with E-state index in [4.69, 9.17) is 4.84 Å². The lowest BCUT2D eigenvalue weighted by molar-refractivity contribution is 0.106. The number of hydrogen-bond acceptors (Lipinski definition) is 2. The molecule has 1 rings (SSSR count). The van der Waals surface area contributed by atoms with Gasteiger partial charge in [-0.3, -0.25) is 4.79 Å². The summed E-state index contributed by atoms with van der Waals surface area (Å²) in [7, 11) is 1.51. The van der Waals surface area contributed by atoms with Gasteiger partial charge in [0.2, 0.25) is 0 Å². The van der Waals surface area contributed by atoms with Gasteiger partial charge >= 0.3 is 0 Å². The predicted molar refractivity (Wildman–Crippen MR) is 32.3 cm³/mol. The number of nitrogens with zero attached hydrogens (tertiary/aromatic N) is 1. The molecule has 0 saturated carbocycles. The monoisotopic (exact) mass is 125 g/mol. The van der Waals surface area contributed by atoms with Crippen LogP contribution in [-0.4, -0.2) is 18.1 Å². The van der Waals surface area contributed by atoms with Gasteiger partial charge in [0.15, 0.2) is 6.29 Å². The topological polar surface area (TPSA) is 31.2 Å². The quantitative estimate of drug-likeness (QED) is 0.534. The van der Waals surface area contributed by atoms with E-state index < -0.39 is 0 Å². The number of hydrogen-bond donors (Lipinski definition) is 0. The average Bonchev–Trinajstić information content (AvgIpc) is 2.33. The molecule has 3 nitrogen and oxygen atoms in total. The molecule has 0 saturated heterocycles. The van der Waals surface area contributed by atoms with Gasteiger partial charge in [-0.15, -0.1) is 0 Å². The first-order valence-corrected chi connectivity index (χ1v) is 2.55. The van der Waals surface area contributed by atoms with Crippen molar-refractivity contribution in [3.05, 3.63) is 24.0 Å². The Balaban J connectivity index is 2.98. The molecule has 0 radical (unpaired) electrons. The molecule has 0 unspecified atom stereocenters. The van der Waals surface area contributed by atoms with Gasteiger partial charge in [-0.05, 0) is 12.1 Å². The molecule has 0 aliphatic rings. The zero-order chi connectivity index (χ0) is 6.69. The Bertz CT molecular complexity index is 205. The normalized spacial score (nSPS) is 9.00. The second kappa shape index (κ2) is 2.35. The van der Waals surface area contributed by atoms with Crippen molar-refractivity contribution < 1.29 is 9.63 Å². The largest absolute Gasteiger partial charge is 0.417 e. The third-order valence-corrected chi connectivity index (χ3v) is 1.06. The van der Waals surface area contributed by atoms with Gasteiger partial charge < -0.3 is 4.84 Å². The molecule has 48 valence electrons. The Morgan fingerprint density at radius 3 is 3.00 bits per heavy atom. The Hall–Kier alpha value is -1.25. The van der Waals surface area contributed by atoms with Crippen LogP contribution in [-0.2, 0) is 0 Å². The molecule has 0 aliphatic carbocycles. The number of carbonyl (C=O) groups is 1. The SMILES string of the molecule is COn1cccc1C=O. The molecular formula is C6H7NO2. The van der Waals surface area contributed by atoms with Crippen LogP contribution in [0.3, 0.4) is 0 Å². The van der Waals surface area contributed by atoms with E-state index in [9.17, 15) is 4.79 Å². The van der Waals surface area contributed by atoms with Crippen LogP contribution in [0.2, 0.25) is 0 Å². The van der Waals surface area contributed by atoms with Gasteiger partial charge in [0.25, 0.3) is 0 Å². The summed E-state index contributed by atoms with van der Waals surface area (Å²) in [6, 6.07) is 3.42. The molecule has 0 fully saturated rings.